The predicted molar refractivity (Wildman–Crippen MR) is 79.6 cm³/mol. The summed E-state index contributed by atoms with van der Waals surface area (Å²) in [7, 11) is 0. The highest BCUT2D eigenvalue weighted by atomic mass is 35.5. The second kappa shape index (κ2) is 5.31. The molecule has 0 bridgehead atoms. The monoisotopic (exact) mass is 296 g/mol. The van der Waals surface area contributed by atoms with Crippen LogP contribution in [0.25, 0.3) is 10.8 Å². The van der Waals surface area contributed by atoms with Crippen LogP contribution in [-0.4, -0.2) is 10.1 Å². The van der Waals surface area contributed by atoms with E-state index in [0.717, 1.165) is 10.8 Å². The van der Waals surface area contributed by atoms with Crippen molar-refractivity contribution < 1.29 is 9.84 Å². The molecule has 3 rings (SSSR count). The van der Waals surface area contributed by atoms with E-state index >= 15 is 0 Å². The number of pyridine rings is 1. The highest BCUT2D eigenvalue weighted by Gasteiger charge is 2.10. The molecule has 4 nitrogen and oxygen atoms in total. The van der Waals surface area contributed by atoms with Gasteiger partial charge in [0, 0.05) is 6.20 Å². The zero-order chi connectivity index (χ0) is 14.8. The molecule has 21 heavy (non-hydrogen) atoms. The molecule has 0 aliphatic carbocycles. The Morgan fingerprint density at radius 2 is 1.90 bits per heavy atom. The van der Waals surface area contributed by atoms with Crippen LogP contribution in [0.1, 0.15) is 5.56 Å². The van der Waals surface area contributed by atoms with E-state index in [0.29, 0.717) is 11.3 Å². The maximum Gasteiger partial charge on any atom is 0.239 e. The Hall–Kier alpha value is -2.77. The molecule has 0 saturated heterocycles. The normalized spacial score (nSPS) is 10.3. The number of aromatic hydroxyl groups is 1. The lowest BCUT2D eigenvalue weighted by Gasteiger charge is -2.08. The van der Waals surface area contributed by atoms with Crippen molar-refractivity contribution >= 4 is 22.4 Å². The molecule has 0 fully saturated rings. The number of benzene rings is 2. The van der Waals surface area contributed by atoms with Gasteiger partial charge in [0.2, 0.25) is 5.88 Å². The minimum atomic E-state index is 0.176. The fourth-order valence-electron chi connectivity index (χ4n) is 1.97. The molecule has 1 N–H and O–H groups in total. The third kappa shape index (κ3) is 2.60. The minimum Gasteiger partial charge on any atom is -0.508 e. The zero-order valence-corrected chi connectivity index (χ0v) is 11.5. The topological polar surface area (TPSA) is 66.1 Å². The largest absolute Gasteiger partial charge is 0.508 e. The van der Waals surface area contributed by atoms with Gasteiger partial charge in [-0.1, -0.05) is 23.7 Å². The Bertz CT molecular complexity index is 872. The molecule has 0 spiro atoms. The fourth-order valence-corrected chi connectivity index (χ4v) is 2.16. The summed E-state index contributed by atoms with van der Waals surface area (Å²) in [5, 5.41) is 20.4. The molecule has 0 radical (unpaired) electrons. The second-order valence-corrected chi connectivity index (χ2v) is 4.76. The number of aromatic nitrogens is 1. The van der Waals surface area contributed by atoms with E-state index in [-0.39, 0.29) is 16.7 Å². The lowest BCUT2D eigenvalue weighted by Crippen LogP contribution is -1.91. The summed E-state index contributed by atoms with van der Waals surface area (Å²) >= 11 is 6.05. The first-order valence-electron chi connectivity index (χ1n) is 6.12. The average Bonchev–Trinajstić information content (AvgIpc) is 2.49. The van der Waals surface area contributed by atoms with Crippen molar-refractivity contribution in [3.05, 3.63) is 59.2 Å². The molecule has 0 aliphatic heterocycles. The van der Waals surface area contributed by atoms with Gasteiger partial charge >= 0.3 is 0 Å². The van der Waals surface area contributed by atoms with Crippen molar-refractivity contribution in [2.24, 2.45) is 0 Å². The zero-order valence-electron chi connectivity index (χ0n) is 10.7. The van der Waals surface area contributed by atoms with Crippen LogP contribution in [-0.2, 0) is 0 Å². The van der Waals surface area contributed by atoms with E-state index in [4.69, 9.17) is 21.6 Å². The molecule has 1 aromatic heterocycles. The van der Waals surface area contributed by atoms with E-state index in [1.807, 2.05) is 18.2 Å². The van der Waals surface area contributed by atoms with Crippen LogP contribution in [0, 0.1) is 11.3 Å². The number of hydrogen-bond acceptors (Lipinski definition) is 4. The highest BCUT2D eigenvalue weighted by molar-refractivity contribution is 6.33. The van der Waals surface area contributed by atoms with Crippen LogP contribution in [0.15, 0.2) is 48.7 Å². The first-order chi connectivity index (χ1) is 10.2. The number of phenols is 1. The van der Waals surface area contributed by atoms with Crippen LogP contribution in [0.3, 0.4) is 0 Å². The average molecular weight is 297 g/mol. The Balaban J connectivity index is 2.00. The van der Waals surface area contributed by atoms with Gasteiger partial charge in [0.15, 0.2) is 0 Å². The molecule has 1 heterocycles. The van der Waals surface area contributed by atoms with Gasteiger partial charge in [-0.25, -0.2) is 4.98 Å². The van der Waals surface area contributed by atoms with Crippen molar-refractivity contribution in [2.75, 3.05) is 0 Å². The second-order valence-electron chi connectivity index (χ2n) is 4.38. The maximum atomic E-state index is 9.51. The SMILES string of the molecule is N#Cc1ccnc(Oc2ccc3ccc(O)cc3c2)c1Cl. The third-order valence-corrected chi connectivity index (χ3v) is 3.35. The van der Waals surface area contributed by atoms with Gasteiger partial charge in [-0.15, -0.1) is 0 Å². The molecular formula is C16H9ClN2O2. The highest BCUT2D eigenvalue weighted by Crippen LogP contribution is 2.31. The summed E-state index contributed by atoms with van der Waals surface area (Å²) in [6.07, 6.45) is 1.46. The van der Waals surface area contributed by atoms with E-state index in [9.17, 15) is 5.11 Å². The van der Waals surface area contributed by atoms with Crippen LogP contribution in [0.2, 0.25) is 5.02 Å². The number of ether oxygens (including phenoxy) is 1. The maximum absolute atomic E-state index is 9.51. The van der Waals surface area contributed by atoms with Gasteiger partial charge in [-0.2, -0.15) is 5.26 Å². The molecule has 0 aliphatic rings. The van der Waals surface area contributed by atoms with Crippen molar-refractivity contribution in [3.63, 3.8) is 0 Å². The summed E-state index contributed by atoms with van der Waals surface area (Å²) in [5.74, 6) is 0.884. The summed E-state index contributed by atoms with van der Waals surface area (Å²) in [4.78, 5) is 4.03. The Morgan fingerprint density at radius 1 is 1.10 bits per heavy atom. The first kappa shape index (κ1) is 13.2. The molecule has 0 amide bonds. The molecule has 0 unspecified atom stereocenters. The van der Waals surface area contributed by atoms with E-state index in [2.05, 4.69) is 4.98 Å². The van der Waals surface area contributed by atoms with Gasteiger partial charge in [0.25, 0.3) is 0 Å². The van der Waals surface area contributed by atoms with Crippen molar-refractivity contribution in [1.82, 2.24) is 4.98 Å². The van der Waals surface area contributed by atoms with Gasteiger partial charge in [0.05, 0.1) is 5.56 Å². The number of halogens is 1. The number of fused-ring (bicyclic) bond motifs is 1. The van der Waals surface area contributed by atoms with Gasteiger partial charge < -0.3 is 9.84 Å². The predicted octanol–water partition coefficient (Wildman–Crippen LogP) is 4.26. The molecular weight excluding hydrogens is 288 g/mol. The molecule has 2 aromatic carbocycles. The molecule has 3 aromatic rings. The Morgan fingerprint density at radius 3 is 2.71 bits per heavy atom. The standard InChI is InChI=1S/C16H9ClN2O2/c17-15-11(9-18)5-6-19-16(15)21-14-4-2-10-1-3-13(20)7-12(10)8-14/h1-8,20H. The van der Waals surface area contributed by atoms with Crippen molar-refractivity contribution in [2.45, 2.75) is 0 Å². The number of phenolic OH excluding ortho intramolecular Hbond substituents is 1. The van der Waals surface area contributed by atoms with E-state index in [1.165, 1.54) is 12.3 Å². The number of nitriles is 1. The third-order valence-electron chi connectivity index (χ3n) is 2.99. The van der Waals surface area contributed by atoms with Crippen LogP contribution in [0.4, 0.5) is 0 Å². The Labute approximate surface area is 125 Å². The van der Waals surface area contributed by atoms with Crippen LogP contribution < -0.4 is 4.74 Å². The minimum absolute atomic E-state index is 0.176. The van der Waals surface area contributed by atoms with Crippen LogP contribution in [0.5, 0.6) is 17.4 Å². The number of hydrogen-bond donors (Lipinski definition) is 1. The van der Waals surface area contributed by atoms with Gasteiger partial charge in [-0.05, 0) is 41.1 Å². The smallest absolute Gasteiger partial charge is 0.239 e. The number of nitrogens with zero attached hydrogens (tertiary/aromatic N) is 2. The molecule has 5 heteroatoms. The van der Waals surface area contributed by atoms with Crippen molar-refractivity contribution in [3.8, 4) is 23.4 Å². The van der Waals surface area contributed by atoms with Gasteiger partial charge in [-0.3, -0.25) is 0 Å². The molecule has 102 valence electrons. The lowest BCUT2D eigenvalue weighted by atomic mass is 10.1. The Kier molecular flexibility index (Phi) is 3.35. The lowest BCUT2D eigenvalue weighted by molar-refractivity contribution is 0.463. The summed E-state index contributed by atoms with van der Waals surface area (Å²) in [6.45, 7) is 0. The summed E-state index contributed by atoms with van der Waals surface area (Å²) in [6, 6.07) is 14.0. The molecule has 0 saturated carbocycles. The fraction of sp³-hybridized carbons (Fsp3) is 0. The van der Waals surface area contributed by atoms with Crippen LogP contribution >= 0.6 is 11.6 Å². The van der Waals surface area contributed by atoms with E-state index in [1.54, 1.807) is 24.3 Å². The summed E-state index contributed by atoms with van der Waals surface area (Å²) in [5.41, 5.74) is 0.306. The van der Waals surface area contributed by atoms with E-state index < -0.39 is 0 Å². The first-order valence-corrected chi connectivity index (χ1v) is 6.50. The number of rotatable bonds is 2. The summed E-state index contributed by atoms with van der Waals surface area (Å²) < 4.78 is 5.62. The molecule has 0 atom stereocenters. The van der Waals surface area contributed by atoms with Crippen molar-refractivity contribution in [1.29, 1.82) is 5.26 Å². The van der Waals surface area contributed by atoms with Gasteiger partial charge in [0.1, 0.15) is 22.6 Å². The quantitative estimate of drug-likeness (QED) is 0.767.